The summed E-state index contributed by atoms with van der Waals surface area (Å²) in [6, 6.07) is 11.8. The van der Waals surface area contributed by atoms with Crippen molar-refractivity contribution >= 4 is 40.3 Å². The van der Waals surface area contributed by atoms with E-state index in [-0.39, 0.29) is 18.3 Å². The van der Waals surface area contributed by atoms with Crippen molar-refractivity contribution in [2.75, 3.05) is 25.0 Å². The highest BCUT2D eigenvalue weighted by molar-refractivity contribution is 5.97. The molecule has 0 saturated carbocycles. The minimum Gasteiger partial charge on any atom is -0.466 e. The lowest BCUT2D eigenvalue weighted by Gasteiger charge is -2.24. The minimum atomic E-state index is -0.928. The molecule has 0 spiro atoms. The van der Waals surface area contributed by atoms with E-state index in [0.29, 0.717) is 36.3 Å². The quantitative estimate of drug-likeness (QED) is 0.138. The van der Waals surface area contributed by atoms with Crippen LogP contribution in [0.3, 0.4) is 0 Å². The van der Waals surface area contributed by atoms with E-state index in [1.165, 1.54) is 0 Å². The first-order valence-electron chi connectivity index (χ1n) is 12.6. The molecule has 1 aliphatic heterocycles. The van der Waals surface area contributed by atoms with Crippen LogP contribution in [-0.2, 0) is 32.7 Å². The van der Waals surface area contributed by atoms with Crippen molar-refractivity contribution in [2.45, 2.75) is 38.8 Å². The van der Waals surface area contributed by atoms with Crippen LogP contribution < -0.4 is 16.4 Å². The van der Waals surface area contributed by atoms with E-state index in [1.807, 2.05) is 41.9 Å². The summed E-state index contributed by atoms with van der Waals surface area (Å²) in [7, 11) is 1.92. The number of nitrogens with two attached hydrogens (primary N) is 1. The normalized spacial score (nSPS) is 13.8. The third-order valence-electron chi connectivity index (χ3n) is 6.56. The maximum absolute atomic E-state index is 13.4. The van der Waals surface area contributed by atoms with Gasteiger partial charge in [0, 0.05) is 31.4 Å². The number of amides is 2. The number of hydrogen-bond acceptors (Lipinski definition) is 7. The topological polar surface area (TPSA) is 155 Å². The summed E-state index contributed by atoms with van der Waals surface area (Å²) >= 11 is 0. The van der Waals surface area contributed by atoms with E-state index in [9.17, 15) is 14.4 Å². The van der Waals surface area contributed by atoms with E-state index in [2.05, 4.69) is 10.6 Å². The van der Waals surface area contributed by atoms with Crippen LogP contribution in [0.15, 0.2) is 42.5 Å². The Hall–Kier alpha value is -4.41. The predicted octanol–water partition coefficient (Wildman–Crippen LogP) is 2.20. The van der Waals surface area contributed by atoms with Gasteiger partial charge in [-0.05, 0) is 61.7 Å². The highest BCUT2D eigenvalue weighted by atomic mass is 16.5. The van der Waals surface area contributed by atoms with Crippen LogP contribution in [0.4, 0.5) is 5.69 Å². The Balaban J connectivity index is 1.55. The molecule has 1 aromatic heterocycles. The third-order valence-corrected chi connectivity index (χ3v) is 6.56. The van der Waals surface area contributed by atoms with Gasteiger partial charge in [-0.2, -0.15) is 0 Å². The van der Waals surface area contributed by atoms with Crippen LogP contribution in [0.2, 0.25) is 0 Å². The molecule has 0 aliphatic carbocycles. The minimum absolute atomic E-state index is 0.0151. The van der Waals surface area contributed by atoms with Crippen molar-refractivity contribution in [1.82, 2.24) is 19.8 Å². The van der Waals surface area contributed by atoms with Gasteiger partial charge >= 0.3 is 5.97 Å². The smallest absolute Gasteiger partial charge is 0.315 e. The number of likely N-dealkylation sites (tertiary alicyclic amines) is 1. The summed E-state index contributed by atoms with van der Waals surface area (Å²) in [5.74, 6) is -0.609. The first-order chi connectivity index (χ1) is 18.3. The van der Waals surface area contributed by atoms with Gasteiger partial charge in [0.25, 0.3) is 0 Å². The van der Waals surface area contributed by atoms with Gasteiger partial charge in [-0.25, -0.2) is 4.98 Å². The van der Waals surface area contributed by atoms with Gasteiger partial charge in [0.05, 0.1) is 24.2 Å². The van der Waals surface area contributed by atoms with Crippen molar-refractivity contribution in [1.29, 1.82) is 5.41 Å². The molecule has 0 radical (unpaired) electrons. The maximum atomic E-state index is 13.4. The summed E-state index contributed by atoms with van der Waals surface area (Å²) < 4.78 is 6.84. The standard InChI is InChI=1S/C27H33N7O4/c1-3-38-24(36)15-23(35)32-25(27(37)34-12-4-5-13-34)18-8-11-21-20(14-18)31-22(33(21)2)16-30-19-9-6-17(7-10-19)26(28)29/h6-11,14,25,30H,3-5,12-13,15-16H2,1-2H3,(H3,28,29)(H,32,35). The molecule has 2 amide bonds. The molecule has 1 atom stereocenters. The van der Waals surface area contributed by atoms with Crippen molar-refractivity contribution in [3.8, 4) is 0 Å². The second-order valence-corrected chi connectivity index (χ2v) is 9.19. The van der Waals surface area contributed by atoms with Crippen LogP contribution >= 0.6 is 0 Å². The molecule has 1 saturated heterocycles. The SMILES string of the molecule is CCOC(=O)CC(=O)NC(C(=O)N1CCCC1)c1ccc2c(c1)nc(CNc1ccc(C(=N)N)cc1)n2C. The van der Waals surface area contributed by atoms with Gasteiger partial charge in [-0.1, -0.05) is 6.07 Å². The summed E-state index contributed by atoms with van der Waals surface area (Å²) in [6.07, 6.45) is 1.39. The number of carbonyl (C=O) groups excluding carboxylic acids is 3. The lowest BCUT2D eigenvalue weighted by molar-refractivity contribution is -0.147. The molecule has 5 N–H and O–H groups in total. The molecule has 0 bridgehead atoms. The van der Waals surface area contributed by atoms with E-state index in [1.54, 1.807) is 24.0 Å². The molecular weight excluding hydrogens is 486 g/mol. The van der Waals surface area contributed by atoms with E-state index in [4.69, 9.17) is 20.9 Å². The maximum Gasteiger partial charge on any atom is 0.315 e. The van der Waals surface area contributed by atoms with Crippen LogP contribution in [0.25, 0.3) is 11.0 Å². The predicted molar refractivity (Wildman–Crippen MR) is 143 cm³/mol. The number of esters is 1. The summed E-state index contributed by atoms with van der Waals surface area (Å²) in [5, 5.41) is 13.6. The molecule has 3 aromatic rings. The average molecular weight is 520 g/mol. The largest absolute Gasteiger partial charge is 0.466 e. The number of aromatic nitrogens is 2. The number of benzene rings is 2. The zero-order chi connectivity index (χ0) is 27.2. The summed E-state index contributed by atoms with van der Waals surface area (Å²) in [4.78, 5) is 44.3. The van der Waals surface area contributed by atoms with E-state index >= 15 is 0 Å². The third kappa shape index (κ3) is 6.10. The van der Waals surface area contributed by atoms with E-state index < -0.39 is 24.3 Å². The molecule has 4 rings (SSSR count). The monoisotopic (exact) mass is 519 g/mol. The molecule has 2 heterocycles. The number of carbonyl (C=O) groups is 3. The van der Waals surface area contributed by atoms with Crippen LogP contribution in [-0.4, -0.2) is 57.8 Å². The fraction of sp³-hybridized carbons (Fsp3) is 0.370. The number of nitrogens with one attached hydrogen (secondary N) is 3. The Morgan fingerprint density at radius 2 is 1.84 bits per heavy atom. The first kappa shape index (κ1) is 26.6. The Bertz CT molecular complexity index is 1340. The fourth-order valence-electron chi connectivity index (χ4n) is 4.52. The number of amidine groups is 1. The van der Waals surface area contributed by atoms with Crippen molar-refractivity contribution in [3.05, 3.63) is 59.4 Å². The highest BCUT2D eigenvalue weighted by Crippen LogP contribution is 2.25. The molecule has 11 nitrogen and oxygen atoms in total. The van der Waals surface area contributed by atoms with Crippen molar-refractivity contribution in [3.63, 3.8) is 0 Å². The second kappa shape index (κ2) is 11.8. The van der Waals surface area contributed by atoms with Gasteiger partial charge in [-0.15, -0.1) is 0 Å². The molecule has 200 valence electrons. The molecule has 1 unspecified atom stereocenters. The highest BCUT2D eigenvalue weighted by Gasteiger charge is 2.30. The van der Waals surface area contributed by atoms with Crippen LogP contribution in [0, 0.1) is 5.41 Å². The number of fused-ring (bicyclic) bond motifs is 1. The number of nitrogens with zero attached hydrogens (tertiary/aromatic N) is 3. The van der Waals surface area contributed by atoms with Crippen LogP contribution in [0.1, 0.15) is 49.2 Å². The van der Waals surface area contributed by atoms with Crippen LogP contribution in [0.5, 0.6) is 0 Å². The molecule has 1 aliphatic rings. The van der Waals surface area contributed by atoms with Gasteiger partial charge in [0.2, 0.25) is 11.8 Å². The Morgan fingerprint density at radius 1 is 1.13 bits per heavy atom. The van der Waals surface area contributed by atoms with E-state index in [0.717, 1.165) is 29.9 Å². The van der Waals surface area contributed by atoms with Gasteiger partial charge in [0.1, 0.15) is 24.1 Å². The van der Waals surface area contributed by atoms with Crippen molar-refractivity contribution in [2.24, 2.45) is 12.8 Å². The lowest BCUT2D eigenvalue weighted by Crippen LogP contribution is -2.42. The fourth-order valence-corrected chi connectivity index (χ4v) is 4.52. The van der Waals surface area contributed by atoms with Gasteiger partial charge in [-0.3, -0.25) is 19.8 Å². The Kier molecular flexibility index (Phi) is 8.25. The number of ether oxygens (including phenoxy) is 1. The lowest BCUT2D eigenvalue weighted by atomic mass is 10.0. The number of aryl methyl sites for hydroxylation is 1. The Morgan fingerprint density at radius 3 is 2.50 bits per heavy atom. The summed E-state index contributed by atoms with van der Waals surface area (Å²) in [6.45, 7) is 3.58. The number of nitrogen functional groups attached to an aromatic ring is 1. The van der Waals surface area contributed by atoms with Crippen molar-refractivity contribution < 1.29 is 19.1 Å². The number of hydrogen-bond donors (Lipinski definition) is 4. The molecule has 2 aromatic carbocycles. The Labute approximate surface area is 220 Å². The number of anilines is 1. The van der Waals surface area contributed by atoms with Gasteiger partial charge in [0.15, 0.2) is 0 Å². The number of rotatable bonds is 10. The zero-order valence-corrected chi connectivity index (χ0v) is 21.6. The average Bonchev–Trinajstić information content (AvgIpc) is 3.54. The van der Waals surface area contributed by atoms with Gasteiger partial charge < -0.3 is 30.6 Å². The zero-order valence-electron chi connectivity index (χ0n) is 21.6. The molecule has 11 heteroatoms. The molecule has 1 fully saturated rings. The second-order valence-electron chi connectivity index (χ2n) is 9.19. The molecule has 38 heavy (non-hydrogen) atoms. The first-order valence-corrected chi connectivity index (χ1v) is 12.6. The summed E-state index contributed by atoms with van der Waals surface area (Å²) in [5.41, 5.74) is 9.20. The molecular formula is C27H33N7O4. The number of imidazole rings is 1.